The standard InChI is InChI=1S/C31H28N2O4/c1-30-13-14-32(26(30)15-24(34)20-7-2-4-9-22(20)30)28(36)11-6-12-29(37)33-18-19-17-31(19)23-10-5-3-8-21(23)25(35)16-27(31)33/h2-5,7-10,15-16,19H,6,11-14,17-18H2,1H3. The molecule has 37 heavy (non-hydrogen) atoms. The van der Waals surface area contributed by atoms with E-state index in [2.05, 4.69) is 6.92 Å². The maximum Gasteiger partial charge on any atom is 0.226 e. The number of hydrogen-bond donors (Lipinski definition) is 0. The minimum Gasteiger partial charge on any atom is -0.315 e. The molecule has 0 aromatic heterocycles. The van der Waals surface area contributed by atoms with E-state index < -0.39 is 0 Å². The van der Waals surface area contributed by atoms with Crippen LogP contribution in [0.5, 0.6) is 0 Å². The minimum atomic E-state index is -0.350. The van der Waals surface area contributed by atoms with Gasteiger partial charge in [-0.05, 0) is 43.2 Å². The number of ketones is 2. The zero-order valence-corrected chi connectivity index (χ0v) is 20.8. The molecule has 2 aliphatic heterocycles. The maximum absolute atomic E-state index is 13.2. The highest BCUT2D eigenvalue weighted by molar-refractivity contribution is 6.09. The molecule has 186 valence electrons. The van der Waals surface area contributed by atoms with E-state index in [-0.39, 0.29) is 47.1 Å². The third kappa shape index (κ3) is 2.98. The zero-order valence-electron chi connectivity index (χ0n) is 20.8. The summed E-state index contributed by atoms with van der Waals surface area (Å²) in [5, 5.41) is 0. The summed E-state index contributed by atoms with van der Waals surface area (Å²) in [5.74, 6) is 0.198. The first-order valence-electron chi connectivity index (χ1n) is 13.2. The van der Waals surface area contributed by atoms with Gasteiger partial charge < -0.3 is 9.80 Å². The number of allylic oxidation sites excluding steroid dienone is 4. The Morgan fingerprint density at radius 1 is 0.838 bits per heavy atom. The molecular formula is C31H28N2O4. The largest absolute Gasteiger partial charge is 0.315 e. The van der Waals surface area contributed by atoms with Crippen molar-refractivity contribution in [2.75, 3.05) is 13.1 Å². The summed E-state index contributed by atoms with van der Waals surface area (Å²) in [5.41, 5.74) is 4.60. The van der Waals surface area contributed by atoms with E-state index in [1.807, 2.05) is 48.5 Å². The number of amides is 2. The van der Waals surface area contributed by atoms with Crippen molar-refractivity contribution in [2.24, 2.45) is 5.92 Å². The molecule has 0 radical (unpaired) electrons. The average molecular weight is 493 g/mol. The van der Waals surface area contributed by atoms with Crippen LogP contribution < -0.4 is 0 Å². The molecule has 2 heterocycles. The zero-order chi connectivity index (χ0) is 25.5. The lowest BCUT2D eigenvalue weighted by Crippen LogP contribution is -2.35. The van der Waals surface area contributed by atoms with Gasteiger partial charge in [-0.1, -0.05) is 48.5 Å². The van der Waals surface area contributed by atoms with Crippen LogP contribution in [0.4, 0.5) is 0 Å². The summed E-state index contributed by atoms with van der Waals surface area (Å²) in [7, 11) is 0. The Hall–Kier alpha value is -3.80. The van der Waals surface area contributed by atoms with Gasteiger partial charge in [0.05, 0.1) is 0 Å². The highest BCUT2D eigenvalue weighted by Crippen LogP contribution is 2.66. The van der Waals surface area contributed by atoms with Gasteiger partial charge in [0.25, 0.3) is 0 Å². The summed E-state index contributed by atoms with van der Waals surface area (Å²) in [4.78, 5) is 55.5. The summed E-state index contributed by atoms with van der Waals surface area (Å²) in [6.45, 7) is 3.31. The Kier molecular flexibility index (Phi) is 4.60. The maximum atomic E-state index is 13.2. The van der Waals surface area contributed by atoms with Crippen LogP contribution in [-0.4, -0.2) is 46.3 Å². The second kappa shape index (κ2) is 7.60. The van der Waals surface area contributed by atoms with E-state index in [9.17, 15) is 19.2 Å². The lowest BCUT2D eigenvalue weighted by molar-refractivity contribution is -0.130. The predicted octanol–water partition coefficient (Wildman–Crippen LogP) is 4.31. The number of carbonyl (C=O) groups excluding carboxylic acids is 4. The summed E-state index contributed by atoms with van der Waals surface area (Å²) >= 11 is 0. The van der Waals surface area contributed by atoms with Crippen molar-refractivity contribution in [3.63, 3.8) is 0 Å². The lowest BCUT2D eigenvalue weighted by atomic mass is 9.72. The molecule has 6 nitrogen and oxygen atoms in total. The number of hydrogen-bond acceptors (Lipinski definition) is 4. The van der Waals surface area contributed by atoms with Crippen molar-refractivity contribution in [1.29, 1.82) is 0 Å². The fraction of sp³-hybridized carbons (Fsp3) is 0.355. The van der Waals surface area contributed by atoms with Gasteiger partial charge in [-0.2, -0.15) is 0 Å². The van der Waals surface area contributed by atoms with Crippen molar-refractivity contribution in [1.82, 2.24) is 9.80 Å². The number of likely N-dealkylation sites (tertiary alicyclic amines) is 2. The van der Waals surface area contributed by atoms with Crippen molar-refractivity contribution in [2.45, 2.75) is 49.9 Å². The molecule has 2 amide bonds. The second-order valence-corrected chi connectivity index (χ2v) is 11.2. The summed E-state index contributed by atoms with van der Waals surface area (Å²) in [6, 6.07) is 15.4. The van der Waals surface area contributed by atoms with Crippen LogP contribution in [0.1, 0.15) is 70.9 Å². The molecule has 2 aromatic carbocycles. The van der Waals surface area contributed by atoms with Gasteiger partial charge in [0, 0.05) is 71.4 Å². The lowest BCUT2D eigenvalue weighted by Gasteiger charge is -2.33. The predicted molar refractivity (Wildman–Crippen MR) is 137 cm³/mol. The molecule has 0 N–H and O–H groups in total. The van der Waals surface area contributed by atoms with Crippen LogP contribution in [0.3, 0.4) is 0 Å². The third-order valence-electron chi connectivity index (χ3n) is 9.33. The first kappa shape index (κ1) is 22.4. The highest BCUT2D eigenvalue weighted by atomic mass is 16.2. The molecule has 2 aromatic rings. The molecule has 0 bridgehead atoms. The number of benzene rings is 2. The Balaban J connectivity index is 1.03. The van der Waals surface area contributed by atoms with E-state index in [1.54, 1.807) is 22.0 Å². The molecule has 3 atom stereocenters. The van der Waals surface area contributed by atoms with Crippen LogP contribution >= 0.6 is 0 Å². The Morgan fingerprint density at radius 3 is 2.16 bits per heavy atom. The molecule has 1 saturated carbocycles. The first-order chi connectivity index (χ1) is 17.8. The van der Waals surface area contributed by atoms with Crippen LogP contribution in [0.15, 0.2) is 72.1 Å². The van der Waals surface area contributed by atoms with E-state index in [0.29, 0.717) is 31.0 Å². The average Bonchev–Trinajstić information content (AvgIpc) is 3.38. The Morgan fingerprint density at radius 2 is 1.43 bits per heavy atom. The van der Waals surface area contributed by atoms with Gasteiger partial charge in [0.2, 0.25) is 11.8 Å². The monoisotopic (exact) mass is 492 g/mol. The third-order valence-corrected chi connectivity index (χ3v) is 9.33. The van der Waals surface area contributed by atoms with Gasteiger partial charge in [0.15, 0.2) is 11.6 Å². The van der Waals surface area contributed by atoms with Gasteiger partial charge in [0.1, 0.15) is 0 Å². The molecule has 5 aliphatic rings. The van der Waals surface area contributed by atoms with Gasteiger partial charge >= 0.3 is 0 Å². The number of carbonyl (C=O) groups is 4. The SMILES string of the molecule is CC12CCN(C(=O)CCCC(=O)N3CC4CC45C3=CC(=O)c3ccccc35)C1=CC(=O)c1ccccc12. The molecule has 3 unspecified atom stereocenters. The number of fused-ring (bicyclic) bond motifs is 4. The Labute approximate surface area is 215 Å². The van der Waals surface area contributed by atoms with E-state index in [0.717, 1.165) is 40.9 Å². The number of rotatable bonds is 4. The molecule has 7 rings (SSSR count). The van der Waals surface area contributed by atoms with Crippen LogP contribution in [0, 0.1) is 5.92 Å². The van der Waals surface area contributed by atoms with Crippen molar-refractivity contribution >= 4 is 23.4 Å². The van der Waals surface area contributed by atoms with E-state index >= 15 is 0 Å². The minimum absolute atomic E-state index is 0.0231. The summed E-state index contributed by atoms with van der Waals surface area (Å²) in [6.07, 6.45) is 5.98. The number of nitrogens with zero attached hydrogens (tertiary/aromatic N) is 2. The normalized spacial score (nSPS) is 28.5. The molecule has 1 spiro atoms. The van der Waals surface area contributed by atoms with Gasteiger partial charge in [-0.15, -0.1) is 0 Å². The highest BCUT2D eigenvalue weighted by Gasteiger charge is 2.67. The van der Waals surface area contributed by atoms with Crippen molar-refractivity contribution < 1.29 is 19.2 Å². The fourth-order valence-corrected chi connectivity index (χ4v) is 7.32. The molecule has 2 saturated heterocycles. The molecule has 6 heteroatoms. The smallest absolute Gasteiger partial charge is 0.226 e. The Bertz CT molecular complexity index is 1400. The topological polar surface area (TPSA) is 74.8 Å². The molecular weight excluding hydrogens is 464 g/mol. The fourth-order valence-electron chi connectivity index (χ4n) is 7.32. The van der Waals surface area contributed by atoms with Crippen LogP contribution in [0.25, 0.3) is 0 Å². The quantitative estimate of drug-likeness (QED) is 0.638. The van der Waals surface area contributed by atoms with Crippen molar-refractivity contribution in [3.8, 4) is 0 Å². The van der Waals surface area contributed by atoms with E-state index in [4.69, 9.17) is 0 Å². The summed E-state index contributed by atoms with van der Waals surface area (Å²) < 4.78 is 0. The van der Waals surface area contributed by atoms with Crippen LogP contribution in [-0.2, 0) is 20.4 Å². The second-order valence-electron chi connectivity index (χ2n) is 11.2. The number of piperidine rings is 1. The van der Waals surface area contributed by atoms with Gasteiger partial charge in [-0.25, -0.2) is 0 Å². The van der Waals surface area contributed by atoms with Crippen LogP contribution in [0.2, 0.25) is 0 Å². The van der Waals surface area contributed by atoms with Gasteiger partial charge in [-0.3, -0.25) is 19.2 Å². The molecule has 3 fully saturated rings. The van der Waals surface area contributed by atoms with Crippen molar-refractivity contribution in [3.05, 3.63) is 94.3 Å². The molecule has 3 aliphatic carbocycles. The first-order valence-corrected chi connectivity index (χ1v) is 13.2. The van der Waals surface area contributed by atoms with E-state index in [1.165, 1.54) is 0 Å².